The average Bonchev–Trinajstić information content (AvgIpc) is 2.99. The van der Waals surface area contributed by atoms with E-state index in [1.165, 1.54) is 17.3 Å². The van der Waals surface area contributed by atoms with E-state index in [2.05, 4.69) is 29.8 Å². The fourth-order valence-corrected chi connectivity index (χ4v) is 4.81. The molecule has 4 rings (SSSR count). The highest BCUT2D eigenvalue weighted by Gasteiger charge is 2.15. The number of amides is 3. The number of halogens is 1. The summed E-state index contributed by atoms with van der Waals surface area (Å²) >= 11 is 7.51. The molecule has 8 heteroatoms. The van der Waals surface area contributed by atoms with Gasteiger partial charge in [0, 0.05) is 26.9 Å². The molecule has 0 bridgehead atoms. The van der Waals surface area contributed by atoms with E-state index in [1.54, 1.807) is 48.5 Å². The third kappa shape index (κ3) is 8.83. The van der Waals surface area contributed by atoms with Gasteiger partial charge in [0.1, 0.15) is 5.70 Å². The van der Waals surface area contributed by atoms with Crippen molar-refractivity contribution in [1.29, 1.82) is 0 Å². The lowest BCUT2D eigenvalue weighted by Gasteiger charge is -2.12. The van der Waals surface area contributed by atoms with Crippen LogP contribution in [0.5, 0.6) is 0 Å². The first-order valence-corrected chi connectivity index (χ1v) is 14.8. The van der Waals surface area contributed by atoms with Gasteiger partial charge in [0.15, 0.2) is 0 Å². The Labute approximate surface area is 255 Å². The monoisotopic (exact) mass is 597 g/mol. The predicted molar refractivity (Wildman–Crippen MR) is 173 cm³/mol. The van der Waals surface area contributed by atoms with Gasteiger partial charge in [-0.1, -0.05) is 74.0 Å². The van der Waals surface area contributed by atoms with Gasteiger partial charge in [0.25, 0.3) is 11.8 Å². The summed E-state index contributed by atoms with van der Waals surface area (Å²) in [6.45, 7) is 6.13. The van der Waals surface area contributed by atoms with Crippen molar-refractivity contribution in [3.05, 3.63) is 130 Å². The molecular weight excluding hydrogens is 566 g/mol. The molecule has 0 aliphatic carbocycles. The highest BCUT2D eigenvalue weighted by Crippen LogP contribution is 2.23. The molecule has 6 nitrogen and oxygen atoms in total. The third-order valence-corrected chi connectivity index (χ3v) is 7.80. The highest BCUT2D eigenvalue weighted by atomic mass is 35.5. The van der Waals surface area contributed by atoms with Gasteiger partial charge in [-0.05, 0) is 84.1 Å². The molecule has 0 heterocycles. The predicted octanol–water partition coefficient (Wildman–Crippen LogP) is 7.91. The van der Waals surface area contributed by atoms with Gasteiger partial charge in [-0.2, -0.15) is 0 Å². The second kappa shape index (κ2) is 14.5. The summed E-state index contributed by atoms with van der Waals surface area (Å²) in [7, 11) is 0. The molecule has 0 saturated carbocycles. The maximum Gasteiger partial charge on any atom is 0.272 e. The lowest BCUT2D eigenvalue weighted by atomic mass is 10.0. The molecule has 0 aromatic heterocycles. The van der Waals surface area contributed by atoms with E-state index in [-0.39, 0.29) is 23.3 Å². The molecule has 0 aliphatic rings. The van der Waals surface area contributed by atoms with Gasteiger partial charge in [-0.25, -0.2) is 0 Å². The number of benzene rings is 4. The van der Waals surface area contributed by atoms with Crippen molar-refractivity contribution in [2.75, 3.05) is 16.4 Å². The van der Waals surface area contributed by atoms with E-state index in [0.717, 1.165) is 16.0 Å². The molecule has 0 fully saturated rings. The van der Waals surface area contributed by atoms with Crippen LogP contribution in [0.2, 0.25) is 5.02 Å². The van der Waals surface area contributed by atoms with Gasteiger partial charge in [-0.3, -0.25) is 14.4 Å². The lowest BCUT2D eigenvalue weighted by Crippen LogP contribution is -2.30. The molecule has 42 heavy (non-hydrogen) atoms. The number of thioether (sulfide) groups is 1. The summed E-state index contributed by atoms with van der Waals surface area (Å²) in [5, 5.41) is 9.06. The molecule has 0 aliphatic heterocycles. The summed E-state index contributed by atoms with van der Waals surface area (Å²) in [6, 6.07) is 29.2. The zero-order valence-corrected chi connectivity index (χ0v) is 25.2. The van der Waals surface area contributed by atoms with Crippen LogP contribution >= 0.6 is 23.4 Å². The van der Waals surface area contributed by atoms with Gasteiger partial charge >= 0.3 is 0 Å². The van der Waals surface area contributed by atoms with Gasteiger partial charge in [0.2, 0.25) is 5.91 Å². The number of anilines is 2. The highest BCUT2D eigenvalue weighted by molar-refractivity contribution is 8.00. The van der Waals surface area contributed by atoms with Crippen molar-refractivity contribution < 1.29 is 14.4 Å². The van der Waals surface area contributed by atoms with Crippen LogP contribution in [0.1, 0.15) is 46.8 Å². The van der Waals surface area contributed by atoms with Gasteiger partial charge in [-0.15, -0.1) is 11.8 Å². The first-order valence-electron chi connectivity index (χ1n) is 13.5. The Kier molecular flexibility index (Phi) is 10.6. The zero-order valence-electron chi connectivity index (χ0n) is 23.6. The molecule has 3 N–H and O–H groups in total. The van der Waals surface area contributed by atoms with E-state index >= 15 is 0 Å². The molecule has 214 valence electrons. The maximum atomic E-state index is 13.3. The van der Waals surface area contributed by atoms with Crippen LogP contribution in [-0.4, -0.2) is 23.5 Å². The molecular formula is C34H32ClN3O3S. The number of aryl methyl sites for hydroxylation is 1. The average molecular weight is 598 g/mol. The van der Waals surface area contributed by atoms with Crippen molar-refractivity contribution in [1.82, 2.24) is 5.32 Å². The number of carbonyl (C=O) groups excluding carboxylic acids is 3. The van der Waals surface area contributed by atoms with Gasteiger partial charge in [0.05, 0.1) is 5.75 Å². The minimum Gasteiger partial charge on any atom is -0.325 e. The molecule has 0 atom stereocenters. The Balaban J connectivity index is 1.41. The van der Waals surface area contributed by atoms with Crippen LogP contribution in [0.3, 0.4) is 0 Å². The Morgan fingerprint density at radius 2 is 1.50 bits per heavy atom. The number of nitrogens with one attached hydrogen (secondary N) is 3. The minimum atomic E-state index is -0.455. The van der Waals surface area contributed by atoms with Crippen LogP contribution in [0.15, 0.2) is 108 Å². The minimum absolute atomic E-state index is 0.118. The van der Waals surface area contributed by atoms with E-state index < -0.39 is 5.91 Å². The fourth-order valence-electron chi connectivity index (χ4n) is 3.94. The quantitative estimate of drug-likeness (QED) is 0.128. The summed E-state index contributed by atoms with van der Waals surface area (Å²) in [6.07, 6.45) is 1.66. The summed E-state index contributed by atoms with van der Waals surface area (Å²) < 4.78 is 0. The first-order chi connectivity index (χ1) is 20.2. The summed E-state index contributed by atoms with van der Waals surface area (Å²) in [5.41, 5.74) is 4.68. The number of hydrogen-bond donors (Lipinski definition) is 3. The molecule has 0 saturated heterocycles. The Hall–Kier alpha value is -4.33. The third-order valence-electron chi connectivity index (χ3n) is 6.38. The van der Waals surface area contributed by atoms with Crippen LogP contribution < -0.4 is 16.0 Å². The molecule has 0 radical (unpaired) electrons. The summed E-state index contributed by atoms with van der Waals surface area (Å²) in [4.78, 5) is 39.5. The standard InChI is InChI=1S/C34H32ClN3O3S/c1-22(2)25-12-10-24(11-13-25)19-31(38-33(40)26-7-5-4-6-8-26)34(41)37-27-15-17-29(18-16-27)42-21-32(39)36-28-14-9-23(3)30(35)20-28/h4-20,22H,21H2,1-3H3,(H,36,39)(H,37,41)(H,38,40)/b31-19-. The van der Waals surface area contributed by atoms with Crippen LogP contribution in [0.4, 0.5) is 11.4 Å². The van der Waals surface area contributed by atoms with E-state index in [4.69, 9.17) is 11.6 Å². The number of rotatable bonds is 10. The van der Waals surface area contributed by atoms with Crippen molar-refractivity contribution in [2.24, 2.45) is 0 Å². The molecule has 4 aromatic carbocycles. The van der Waals surface area contributed by atoms with Crippen molar-refractivity contribution in [3.63, 3.8) is 0 Å². The molecule has 4 aromatic rings. The first kappa shape index (κ1) is 30.6. The zero-order chi connectivity index (χ0) is 30.1. The van der Waals surface area contributed by atoms with Crippen LogP contribution in [0, 0.1) is 6.92 Å². The van der Waals surface area contributed by atoms with Crippen LogP contribution in [-0.2, 0) is 9.59 Å². The maximum absolute atomic E-state index is 13.3. The van der Waals surface area contributed by atoms with E-state index in [1.807, 2.05) is 61.5 Å². The molecule has 3 amide bonds. The largest absolute Gasteiger partial charge is 0.325 e. The van der Waals surface area contributed by atoms with Crippen molar-refractivity contribution >= 4 is 58.5 Å². The Morgan fingerprint density at radius 1 is 0.833 bits per heavy atom. The Morgan fingerprint density at radius 3 is 2.14 bits per heavy atom. The number of hydrogen-bond acceptors (Lipinski definition) is 4. The SMILES string of the molecule is Cc1ccc(NC(=O)CSc2ccc(NC(=O)/C(=C/c3ccc(C(C)C)cc3)NC(=O)c3ccccc3)cc2)cc1Cl. The second-order valence-corrected chi connectivity index (χ2v) is 11.4. The molecule has 0 unspecified atom stereocenters. The van der Waals surface area contributed by atoms with Crippen LogP contribution in [0.25, 0.3) is 6.08 Å². The lowest BCUT2D eigenvalue weighted by molar-refractivity contribution is -0.114. The number of carbonyl (C=O) groups is 3. The smallest absolute Gasteiger partial charge is 0.272 e. The normalized spacial score (nSPS) is 11.2. The fraction of sp³-hybridized carbons (Fsp3) is 0.147. The Bertz CT molecular complexity index is 1590. The molecule has 0 spiro atoms. The van der Waals surface area contributed by atoms with Crippen molar-refractivity contribution in [2.45, 2.75) is 31.6 Å². The van der Waals surface area contributed by atoms with E-state index in [9.17, 15) is 14.4 Å². The van der Waals surface area contributed by atoms with E-state index in [0.29, 0.717) is 27.9 Å². The summed E-state index contributed by atoms with van der Waals surface area (Å²) in [5.74, 6) is -0.392. The second-order valence-electron chi connectivity index (χ2n) is 9.98. The van der Waals surface area contributed by atoms with Crippen molar-refractivity contribution in [3.8, 4) is 0 Å². The van der Waals surface area contributed by atoms with Gasteiger partial charge < -0.3 is 16.0 Å². The topological polar surface area (TPSA) is 87.3 Å².